The molecule has 0 aliphatic heterocycles. The topological polar surface area (TPSA) is 52.8 Å². The minimum Gasteiger partial charge on any atom is -0.320 e. The van der Waals surface area contributed by atoms with Gasteiger partial charge in [-0.05, 0) is 25.1 Å². The second-order valence-corrected chi connectivity index (χ2v) is 4.08. The van der Waals surface area contributed by atoms with Crippen molar-refractivity contribution in [3.8, 4) is 6.07 Å². The van der Waals surface area contributed by atoms with E-state index < -0.39 is 0 Å². The van der Waals surface area contributed by atoms with Crippen molar-refractivity contribution in [3.63, 3.8) is 0 Å². The summed E-state index contributed by atoms with van der Waals surface area (Å²) >= 11 is 1.35. The number of nitrogens with zero attached hydrogens (tertiary/aromatic N) is 4. The number of aromatic nitrogens is 2. The summed E-state index contributed by atoms with van der Waals surface area (Å²) in [7, 11) is 1.91. The van der Waals surface area contributed by atoms with E-state index in [1.54, 1.807) is 6.07 Å². The molecule has 4 nitrogen and oxygen atoms in total. The van der Waals surface area contributed by atoms with Gasteiger partial charge in [-0.3, -0.25) is 0 Å². The molecule has 5 heteroatoms. The highest BCUT2D eigenvalue weighted by molar-refractivity contribution is 7.09. The van der Waals surface area contributed by atoms with Crippen molar-refractivity contribution in [3.05, 3.63) is 35.7 Å². The molecule has 0 atom stereocenters. The smallest absolute Gasteiger partial charge is 0.209 e. The Kier molecular flexibility index (Phi) is 2.84. The molecule has 0 amide bonds. The largest absolute Gasteiger partial charge is 0.320 e. The van der Waals surface area contributed by atoms with Gasteiger partial charge in [0.05, 0.1) is 11.6 Å². The molecule has 0 N–H and O–H groups in total. The molecule has 0 saturated heterocycles. The van der Waals surface area contributed by atoms with Crippen LogP contribution in [0.2, 0.25) is 0 Å². The number of benzene rings is 1. The number of nitriles is 1. The van der Waals surface area contributed by atoms with E-state index in [4.69, 9.17) is 5.26 Å². The second kappa shape index (κ2) is 4.29. The minimum absolute atomic E-state index is 0.644. The average Bonchev–Trinajstić information content (AvgIpc) is 2.75. The molecule has 0 bridgehead atoms. The zero-order chi connectivity index (χ0) is 11.5. The summed E-state index contributed by atoms with van der Waals surface area (Å²) in [4.78, 5) is 6.22. The van der Waals surface area contributed by atoms with E-state index in [2.05, 4.69) is 15.4 Å². The Labute approximate surface area is 98.0 Å². The number of anilines is 2. The third-order valence-electron chi connectivity index (χ3n) is 2.17. The summed E-state index contributed by atoms with van der Waals surface area (Å²) in [6.07, 6.45) is 0. The molecule has 16 heavy (non-hydrogen) atoms. The first-order valence-corrected chi connectivity index (χ1v) is 5.52. The highest BCUT2D eigenvalue weighted by Gasteiger charge is 2.08. The van der Waals surface area contributed by atoms with Crippen LogP contribution in [-0.2, 0) is 0 Å². The number of aryl methyl sites for hydroxylation is 1. The van der Waals surface area contributed by atoms with Crippen LogP contribution in [0.1, 0.15) is 11.4 Å². The lowest BCUT2D eigenvalue weighted by molar-refractivity contribution is 1.11. The van der Waals surface area contributed by atoms with Crippen LogP contribution in [-0.4, -0.2) is 16.4 Å². The number of hydrogen-bond donors (Lipinski definition) is 0. The molecule has 0 radical (unpaired) electrons. The molecule has 2 aromatic rings. The van der Waals surface area contributed by atoms with Crippen LogP contribution in [0.4, 0.5) is 10.8 Å². The first-order valence-electron chi connectivity index (χ1n) is 4.75. The van der Waals surface area contributed by atoms with Crippen molar-refractivity contribution < 1.29 is 0 Å². The Morgan fingerprint density at radius 2 is 2.25 bits per heavy atom. The molecular formula is C11H10N4S. The van der Waals surface area contributed by atoms with E-state index in [1.165, 1.54) is 11.5 Å². The highest BCUT2D eigenvalue weighted by atomic mass is 32.1. The quantitative estimate of drug-likeness (QED) is 0.795. The zero-order valence-corrected chi connectivity index (χ0v) is 9.82. The molecule has 2 rings (SSSR count). The fourth-order valence-corrected chi connectivity index (χ4v) is 1.97. The maximum absolute atomic E-state index is 8.82. The van der Waals surface area contributed by atoms with E-state index in [-0.39, 0.29) is 0 Å². The second-order valence-electron chi connectivity index (χ2n) is 3.35. The number of hydrogen-bond acceptors (Lipinski definition) is 5. The minimum atomic E-state index is 0.644. The fourth-order valence-electron chi connectivity index (χ4n) is 1.32. The fraction of sp³-hybridized carbons (Fsp3) is 0.182. The van der Waals surface area contributed by atoms with Crippen molar-refractivity contribution in [1.82, 2.24) is 9.36 Å². The lowest BCUT2D eigenvalue weighted by atomic mass is 10.2. The van der Waals surface area contributed by atoms with Gasteiger partial charge in [0.2, 0.25) is 5.13 Å². The Hall–Kier alpha value is -1.93. The average molecular weight is 230 g/mol. The van der Waals surface area contributed by atoms with Gasteiger partial charge in [0.15, 0.2) is 0 Å². The summed E-state index contributed by atoms with van der Waals surface area (Å²) in [5, 5.41) is 9.65. The van der Waals surface area contributed by atoms with Crippen LogP contribution in [0, 0.1) is 18.3 Å². The van der Waals surface area contributed by atoms with E-state index in [1.807, 2.05) is 37.1 Å². The predicted octanol–water partition coefficient (Wildman–Crippen LogP) is 2.49. The maximum Gasteiger partial charge on any atom is 0.209 e. The molecule has 1 heterocycles. The zero-order valence-electron chi connectivity index (χ0n) is 9.01. The van der Waals surface area contributed by atoms with E-state index >= 15 is 0 Å². The lowest BCUT2D eigenvalue weighted by Gasteiger charge is -2.14. The normalized spacial score (nSPS) is 9.81. The molecular weight excluding hydrogens is 220 g/mol. The first kappa shape index (κ1) is 10.6. The van der Waals surface area contributed by atoms with Gasteiger partial charge in [-0.15, -0.1) is 0 Å². The maximum atomic E-state index is 8.82. The SMILES string of the molecule is Cc1nsc(N(C)c2cccc(C#N)c2)n1. The summed E-state index contributed by atoms with van der Waals surface area (Å²) in [5.74, 6) is 0.767. The van der Waals surface area contributed by atoms with Gasteiger partial charge in [-0.2, -0.15) is 9.64 Å². The van der Waals surface area contributed by atoms with Gasteiger partial charge in [0.1, 0.15) is 5.82 Å². The van der Waals surface area contributed by atoms with Gasteiger partial charge >= 0.3 is 0 Å². The van der Waals surface area contributed by atoms with Crippen molar-refractivity contribution >= 4 is 22.4 Å². The summed E-state index contributed by atoms with van der Waals surface area (Å²) in [5.41, 5.74) is 1.58. The summed E-state index contributed by atoms with van der Waals surface area (Å²) in [6.45, 7) is 1.86. The molecule has 0 aliphatic rings. The van der Waals surface area contributed by atoms with E-state index in [0.717, 1.165) is 16.6 Å². The van der Waals surface area contributed by atoms with Crippen molar-refractivity contribution in [2.75, 3.05) is 11.9 Å². The molecule has 0 unspecified atom stereocenters. The Bertz CT molecular complexity index is 541. The Balaban J connectivity index is 2.34. The molecule has 0 fully saturated rings. The molecule has 0 spiro atoms. The first-order chi connectivity index (χ1) is 7.70. The standard InChI is InChI=1S/C11H10N4S/c1-8-13-11(16-14-8)15(2)10-5-3-4-9(6-10)7-12/h3-6H,1-2H3. The third-order valence-corrected chi connectivity index (χ3v) is 3.05. The van der Waals surface area contributed by atoms with Crippen LogP contribution >= 0.6 is 11.5 Å². The van der Waals surface area contributed by atoms with Crippen LogP contribution in [0.5, 0.6) is 0 Å². The number of rotatable bonds is 2. The molecule has 0 aliphatic carbocycles. The van der Waals surface area contributed by atoms with Gasteiger partial charge in [0, 0.05) is 24.3 Å². The van der Waals surface area contributed by atoms with Crippen LogP contribution < -0.4 is 4.90 Å². The molecule has 0 saturated carbocycles. The summed E-state index contributed by atoms with van der Waals surface area (Å²) in [6, 6.07) is 9.53. The Morgan fingerprint density at radius 1 is 1.44 bits per heavy atom. The Morgan fingerprint density at radius 3 is 2.88 bits per heavy atom. The van der Waals surface area contributed by atoms with Crippen molar-refractivity contribution in [1.29, 1.82) is 5.26 Å². The van der Waals surface area contributed by atoms with Crippen molar-refractivity contribution in [2.24, 2.45) is 0 Å². The third kappa shape index (κ3) is 2.02. The van der Waals surface area contributed by atoms with Gasteiger partial charge < -0.3 is 4.90 Å². The van der Waals surface area contributed by atoms with Crippen LogP contribution in [0.3, 0.4) is 0 Å². The van der Waals surface area contributed by atoms with Crippen molar-refractivity contribution in [2.45, 2.75) is 6.92 Å². The molecule has 80 valence electrons. The predicted molar refractivity (Wildman–Crippen MR) is 63.9 cm³/mol. The molecule has 1 aromatic heterocycles. The van der Waals surface area contributed by atoms with Gasteiger partial charge in [-0.1, -0.05) is 6.07 Å². The summed E-state index contributed by atoms with van der Waals surface area (Å²) < 4.78 is 4.13. The van der Waals surface area contributed by atoms with E-state index in [0.29, 0.717) is 5.56 Å². The van der Waals surface area contributed by atoms with Gasteiger partial charge in [-0.25, -0.2) is 4.98 Å². The van der Waals surface area contributed by atoms with Crippen LogP contribution in [0.15, 0.2) is 24.3 Å². The van der Waals surface area contributed by atoms with Gasteiger partial charge in [0.25, 0.3) is 0 Å². The lowest BCUT2D eigenvalue weighted by Crippen LogP contribution is -2.09. The monoisotopic (exact) mass is 230 g/mol. The van der Waals surface area contributed by atoms with E-state index in [9.17, 15) is 0 Å². The molecule has 1 aromatic carbocycles. The van der Waals surface area contributed by atoms with Crippen LogP contribution in [0.25, 0.3) is 0 Å². The highest BCUT2D eigenvalue weighted by Crippen LogP contribution is 2.25.